The Morgan fingerprint density at radius 3 is 2.78 bits per heavy atom. The van der Waals surface area contributed by atoms with E-state index in [4.69, 9.17) is 0 Å². The van der Waals surface area contributed by atoms with E-state index in [1.54, 1.807) is 5.57 Å². The van der Waals surface area contributed by atoms with Gasteiger partial charge in [-0.1, -0.05) is 37.1 Å². The Labute approximate surface area is 166 Å². The molecule has 0 heterocycles. The number of unbranched alkanes of at least 4 members (excludes halogenated alkanes) is 2. The first-order valence-electron chi connectivity index (χ1n) is 10.7. The van der Waals surface area contributed by atoms with Crippen LogP contribution >= 0.6 is 0 Å². The van der Waals surface area contributed by atoms with Gasteiger partial charge < -0.3 is 15.1 Å². The second kappa shape index (κ2) is 11.1. The number of allylic oxidation sites excluding steroid dienone is 2. The van der Waals surface area contributed by atoms with Crippen LogP contribution in [0.5, 0.6) is 0 Å². The summed E-state index contributed by atoms with van der Waals surface area (Å²) in [6.45, 7) is 5.03. The summed E-state index contributed by atoms with van der Waals surface area (Å²) >= 11 is 0. The molecule has 0 saturated heterocycles. The number of fused-ring (bicyclic) bond motifs is 1. The van der Waals surface area contributed by atoms with E-state index in [0.29, 0.717) is 18.3 Å². The van der Waals surface area contributed by atoms with Crippen LogP contribution in [0.1, 0.15) is 58.8 Å². The van der Waals surface area contributed by atoms with E-state index in [-0.39, 0.29) is 17.9 Å². The molecule has 1 saturated carbocycles. The average molecular weight is 374 g/mol. The van der Waals surface area contributed by atoms with Gasteiger partial charge in [0.25, 0.3) is 0 Å². The van der Waals surface area contributed by atoms with Gasteiger partial charge in [-0.3, -0.25) is 0 Å². The van der Waals surface area contributed by atoms with Crippen molar-refractivity contribution in [2.24, 2.45) is 23.7 Å². The summed E-state index contributed by atoms with van der Waals surface area (Å²) in [6, 6.07) is 0. The molecular weight excluding hydrogens is 334 g/mol. The molecule has 3 heteroatoms. The molecule has 1 fully saturated rings. The summed E-state index contributed by atoms with van der Waals surface area (Å²) < 4.78 is 0. The van der Waals surface area contributed by atoms with E-state index < -0.39 is 6.10 Å². The normalized spacial score (nSPS) is 29.5. The van der Waals surface area contributed by atoms with Crippen molar-refractivity contribution in [2.45, 2.75) is 71.0 Å². The second-order valence-electron chi connectivity index (χ2n) is 8.83. The lowest BCUT2D eigenvalue weighted by Gasteiger charge is -2.20. The molecule has 3 nitrogen and oxygen atoms in total. The first kappa shape index (κ1) is 22.2. The zero-order valence-electron chi connectivity index (χ0n) is 17.7. The molecular formula is C24H39NO2. The average Bonchev–Trinajstić information content (AvgIpc) is 3.13. The smallest absolute Gasteiger partial charge is 0.0755 e. The summed E-state index contributed by atoms with van der Waals surface area (Å²) in [5.74, 6) is 7.27. The molecule has 0 aromatic carbocycles. The lowest BCUT2D eigenvalue weighted by molar-refractivity contribution is 0.137. The van der Waals surface area contributed by atoms with Crippen LogP contribution in [0, 0.1) is 35.5 Å². The van der Waals surface area contributed by atoms with Crippen molar-refractivity contribution >= 4 is 0 Å². The van der Waals surface area contributed by atoms with Gasteiger partial charge in [-0.05, 0) is 77.4 Å². The summed E-state index contributed by atoms with van der Waals surface area (Å²) in [4.78, 5) is 2.25. The van der Waals surface area contributed by atoms with Crippen LogP contribution in [-0.2, 0) is 0 Å². The highest BCUT2D eigenvalue weighted by molar-refractivity contribution is 5.21. The van der Waals surface area contributed by atoms with E-state index in [1.807, 2.05) is 19.9 Å². The van der Waals surface area contributed by atoms with E-state index in [1.165, 1.54) is 32.2 Å². The van der Waals surface area contributed by atoms with Gasteiger partial charge in [0.1, 0.15) is 0 Å². The van der Waals surface area contributed by atoms with Gasteiger partial charge in [0.15, 0.2) is 0 Å². The molecule has 0 radical (unpaired) electrons. The Kier molecular flexibility index (Phi) is 9.09. The lowest BCUT2D eigenvalue weighted by atomic mass is 9.88. The predicted molar refractivity (Wildman–Crippen MR) is 113 cm³/mol. The summed E-state index contributed by atoms with van der Waals surface area (Å²) in [6.07, 6.45) is 13.4. The molecule has 0 spiro atoms. The molecule has 0 amide bonds. The molecule has 0 bridgehead atoms. The van der Waals surface area contributed by atoms with E-state index in [2.05, 4.69) is 43.0 Å². The third kappa shape index (κ3) is 6.79. The molecule has 27 heavy (non-hydrogen) atoms. The van der Waals surface area contributed by atoms with Crippen LogP contribution in [0.15, 0.2) is 23.8 Å². The Bertz CT molecular complexity index is 569. The zero-order chi connectivity index (χ0) is 19.8. The molecule has 2 aliphatic carbocycles. The SMILES string of the molecule is CC#CC[C@@H](C)[C@H](O)/C=C/[C@@H]1[C@H]2CC(CCCCCN(C)C)=C[C@H]2C[C@H]1O. The van der Waals surface area contributed by atoms with Crippen LogP contribution in [0.25, 0.3) is 0 Å². The van der Waals surface area contributed by atoms with Gasteiger partial charge >= 0.3 is 0 Å². The van der Waals surface area contributed by atoms with Gasteiger partial charge in [0.05, 0.1) is 12.2 Å². The van der Waals surface area contributed by atoms with Crippen LogP contribution in [0.4, 0.5) is 0 Å². The molecule has 2 N–H and O–H groups in total. The highest BCUT2D eigenvalue weighted by Gasteiger charge is 2.43. The minimum atomic E-state index is -0.484. The van der Waals surface area contributed by atoms with Crippen molar-refractivity contribution < 1.29 is 10.2 Å². The number of hydrogen-bond donors (Lipinski definition) is 2. The van der Waals surface area contributed by atoms with Crippen LogP contribution in [-0.4, -0.2) is 48.0 Å². The van der Waals surface area contributed by atoms with Crippen molar-refractivity contribution in [1.29, 1.82) is 0 Å². The third-order valence-corrected chi connectivity index (χ3v) is 6.27. The summed E-state index contributed by atoms with van der Waals surface area (Å²) in [7, 11) is 4.27. The van der Waals surface area contributed by atoms with Crippen LogP contribution in [0.3, 0.4) is 0 Å². The van der Waals surface area contributed by atoms with Crippen molar-refractivity contribution in [2.75, 3.05) is 20.6 Å². The number of hydrogen-bond acceptors (Lipinski definition) is 3. The molecule has 0 aromatic rings. The van der Waals surface area contributed by atoms with E-state index in [0.717, 1.165) is 12.8 Å². The van der Waals surface area contributed by atoms with Gasteiger partial charge in [0, 0.05) is 12.3 Å². The number of aliphatic hydroxyl groups excluding tert-OH is 2. The van der Waals surface area contributed by atoms with Crippen molar-refractivity contribution in [3.05, 3.63) is 23.8 Å². The monoisotopic (exact) mass is 373 g/mol. The van der Waals surface area contributed by atoms with Gasteiger partial charge in [-0.2, -0.15) is 0 Å². The predicted octanol–water partition coefficient (Wildman–Crippen LogP) is 4.02. The van der Waals surface area contributed by atoms with Crippen molar-refractivity contribution in [1.82, 2.24) is 4.90 Å². The van der Waals surface area contributed by atoms with Gasteiger partial charge in [-0.25, -0.2) is 0 Å². The fraction of sp³-hybridized carbons (Fsp3) is 0.750. The summed E-state index contributed by atoms with van der Waals surface area (Å²) in [5, 5.41) is 20.8. The maximum Gasteiger partial charge on any atom is 0.0755 e. The molecule has 0 aromatic heterocycles. The Morgan fingerprint density at radius 2 is 2.07 bits per heavy atom. The largest absolute Gasteiger partial charge is 0.392 e. The topological polar surface area (TPSA) is 43.7 Å². The van der Waals surface area contributed by atoms with Gasteiger partial charge in [0.2, 0.25) is 0 Å². The molecule has 2 rings (SSSR count). The highest BCUT2D eigenvalue weighted by Crippen LogP contribution is 2.48. The fourth-order valence-electron chi connectivity index (χ4n) is 4.56. The quantitative estimate of drug-likeness (QED) is 0.345. The first-order chi connectivity index (χ1) is 12.9. The Morgan fingerprint density at radius 1 is 1.30 bits per heavy atom. The minimum absolute atomic E-state index is 0.127. The van der Waals surface area contributed by atoms with Crippen LogP contribution < -0.4 is 0 Å². The Hall–Kier alpha value is -1.08. The molecule has 0 aliphatic heterocycles. The lowest BCUT2D eigenvalue weighted by Crippen LogP contribution is -2.19. The standard InChI is InChI=1S/C24H39NO2/c1-5-6-10-18(2)23(26)13-12-21-22-16-19(15-20(22)17-24(21)27)11-8-7-9-14-25(3)4/h12-13,15,18,20-24,26-27H,7-11,14,16-17H2,1-4H3/b13-12+/t18-,20+,21-,22+,23-,24-/m1/s1. The Balaban J connectivity index is 1.80. The minimum Gasteiger partial charge on any atom is -0.392 e. The van der Waals surface area contributed by atoms with Gasteiger partial charge in [-0.15, -0.1) is 11.8 Å². The van der Waals surface area contributed by atoms with Crippen LogP contribution in [0.2, 0.25) is 0 Å². The van der Waals surface area contributed by atoms with Crippen molar-refractivity contribution in [3.63, 3.8) is 0 Å². The summed E-state index contributed by atoms with van der Waals surface area (Å²) in [5.41, 5.74) is 1.59. The number of rotatable bonds is 10. The molecule has 152 valence electrons. The fourth-order valence-corrected chi connectivity index (χ4v) is 4.56. The van der Waals surface area contributed by atoms with E-state index >= 15 is 0 Å². The van der Waals surface area contributed by atoms with E-state index in [9.17, 15) is 10.2 Å². The maximum atomic E-state index is 10.5. The third-order valence-electron chi connectivity index (χ3n) is 6.27. The maximum absolute atomic E-state index is 10.5. The van der Waals surface area contributed by atoms with Crippen molar-refractivity contribution in [3.8, 4) is 11.8 Å². The number of nitrogens with zero attached hydrogens (tertiary/aromatic N) is 1. The zero-order valence-corrected chi connectivity index (χ0v) is 17.7. The highest BCUT2D eigenvalue weighted by atomic mass is 16.3. The second-order valence-corrected chi connectivity index (χ2v) is 8.83. The molecule has 0 unspecified atom stereocenters. The molecule has 6 atom stereocenters. The number of aliphatic hydroxyl groups is 2. The first-order valence-corrected chi connectivity index (χ1v) is 10.7. The molecule has 2 aliphatic rings.